The maximum Gasteiger partial charge on any atom is 0.209 e. The number of nitrogens with zero attached hydrogens (tertiary/aromatic N) is 1. The van der Waals surface area contributed by atoms with Crippen molar-refractivity contribution in [1.29, 1.82) is 0 Å². The highest BCUT2D eigenvalue weighted by molar-refractivity contribution is 7.80. The fraction of sp³-hybridized carbons (Fsp3) is 0.143. The molecule has 0 bridgehead atoms. The Morgan fingerprint density at radius 3 is 3.00 bits per heavy atom. The molecular weight excluding hydrogens is 160 g/mol. The minimum Gasteiger partial charge on any atom is -0.485 e. The molecule has 3 nitrogen and oxygen atoms in total. The number of rotatable bonds is 1. The van der Waals surface area contributed by atoms with E-state index in [1.54, 1.807) is 18.3 Å². The minimum absolute atomic E-state index is 0.359. The summed E-state index contributed by atoms with van der Waals surface area (Å²) in [6, 6.07) is 3.37. The van der Waals surface area contributed by atoms with E-state index >= 15 is 0 Å². The molecule has 4 heteroatoms. The molecular formula is C7H8N2OS. The number of pyridine rings is 1. The first-order valence-electron chi connectivity index (χ1n) is 3.04. The summed E-state index contributed by atoms with van der Waals surface area (Å²) < 4.78 is 4.80. The molecule has 0 radical (unpaired) electrons. The lowest BCUT2D eigenvalue weighted by atomic mass is 10.3. The molecule has 0 fully saturated rings. The van der Waals surface area contributed by atoms with Gasteiger partial charge < -0.3 is 10.5 Å². The van der Waals surface area contributed by atoms with Crippen LogP contribution in [0.3, 0.4) is 0 Å². The topological polar surface area (TPSA) is 48.1 Å². The molecule has 0 spiro atoms. The molecule has 0 saturated carbocycles. The molecule has 1 aromatic rings. The Bertz CT molecular complexity index is 275. The van der Waals surface area contributed by atoms with Gasteiger partial charge in [-0.3, -0.25) is 4.98 Å². The smallest absolute Gasteiger partial charge is 0.209 e. The third-order valence-corrected chi connectivity index (χ3v) is 1.55. The van der Waals surface area contributed by atoms with Gasteiger partial charge in [-0.1, -0.05) is 0 Å². The summed E-state index contributed by atoms with van der Waals surface area (Å²) in [5, 5.41) is 0.359. The van der Waals surface area contributed by atoms with Crippen LogP contribution < -0.4 is 5.73 Å². The highest BCUT2D eigenvalue weighted by atomic mass is 32.1. The van der Waals surface area contributed by atoms with E-state index in [0.717, 1.165) is 0 Å². The highest BCUT2D eigenvalue weighted by Gasteiger charge is 2.00. The summed E-state index contributed by atoms with van der Waals surface area (Å²) in [6.45, 7) is 0. The molecule has 11 heavy (non-hydrogen) atoms. The number of hydrogen-bond acceptors (Lipinski definition) is 4. The first-order valence-corrected chi connectivity index (χ1v) is 3.44. The molecule has 1 heterocycles. The third kappa shape index (κ3) is 1.88. The summed E-state index contributed by atoms with van der Waals surface area (Å²) >= 11 is 4.84. The fourth-order valence-electron chi connectivity index (χ4n) is 0.663. The van der Waals surface area contributed by atoms with E-state index in [9.17, 15) is 0 Å². The Morgan fingerprint density at radius 1 is 1.73 bits per heavy atom. The fourth-order valence-corrected chi connectivity index (χ4v) is 0.775. The number of nitrogens with two attached hydrogens (primary N) is 1. The van der Waals surface area contributed by atoms with E-state index in [0.29, 0.717) is 16.4 Å². The average Bonchev–Trinajstić information content (AvgIpc) is 2.03. The molecule has 0 saturated heterocycles. The number of aromatic nitrogens is 1. The minimum atomic E-state index is 0.359. The number of nitrogen functional groups attached to an aromatic ring is 1. The number of anilines is 1. The van der Waals surface area contributed by atoms with Gasteiger partial charge in [0.05, 0.1) is 7.11 Å². The van der Waals surface area contributed by atoms with Gasteiger partial charge in [0.2, 0.25) is 5.05 Å². The van der Waals surface area contributed by atoms with Crippen LogP contribution in [0, 0.1) is 0 Å². The van der Waals surface area contributed by atoms with Crippen molar-refractivity contribution >= 4 is 23.0 Å². The van der Waals surface area contributed by atoms with E-state index in [1.165, 1.54) is 7.11 Å². The largest absolute Gasteiger partial charge is 0.485 e. The molecule has 0 aliphatic rings. The second kappa shape index (κ2) is 3.30. The van der Waals surface area contributed by atoms with Gasteiger partial charge in [0.15, 0.2) is 0 Å². The Balaban J connectivity index is 2.96. The van der Waals surface area contributed by atoms with Crippen LogP contribution in [0.25, 0.3) is 0 Å². The first-order chi connectivity index (χ1) is 5.24. The van der Waals surface area contributed by atoms with Crippen LogP contribution in [0.1, 0.15) is 5.69 Å². The lowest BCUT2D eigenvalue weighted by Gasteiger charge is -2.00. The van der Waals surface area contributed by atoms with Crippen LogP contribution in [0.4, 0.5) is 5.69 Å². The maximum absolute atomic E-state index is 5.50. The Hall–Kier alpha value is -1.16. The summed E-state index contributed by atoms with van der Waals surface area (Å²) in [5.41, 5.74) is 6.73. The van der Waals surface area contributed by atoms with Crippen molar-refractivity contribution in [3.63, 3.8) is 0 Å². The lowest BCUT2D eigenvalue weighted by molar-refractivity contribution is 0.414. The zero-order chi connectivity index (χ0) is 8.27. The van der Waals surface area contributed by atoms with Crippen LogP contribution in [0.15, 0.2) is 18.3 Å². The molecule has 0 unspecified atom stereocenters. The lowest BCUT2D eigenvalue weighted by Crippen LogP contribution is -2.02. The number of hydrogen-bond donors (Lipinski definition) is 1. The summed E-state index contributed by atoms with van der Waals surface area (Å²) in [6.07, 6.45) is 1.59. The van der Waals surface area contributed by atoms with Crippen LogP contribution in [-0.2, 0) is 4.74 Å². The maximum atomic E-state index is 5.50. The second-order valence-electron chi connectivity index (χ2n) is 1.97. The zero-order valence-corrected chi connectivity index (χ0v) is 6.89. The first kappa shape index (κ1) is 7.94. The van der Waals surface area contributed by atoms with Gasteiger partial charge in [0.1, 0.15) is 5.69 Å². The Labute approximate surface area is 70.2 Å². The van der Waals surface area contributed by atoms with E-state index < -0.39 is 0 Å². The standard InChI is InChI=1S/C7H8N2OS/c1-10-7(11)6-4-5(8)2-3-9-6/h2-4H,1H3,(H2,8,9). The predicted molar refractivity (Wildman–Crippen MR) is 47.4 cm³/mol. The zero-order valence-electron chi connectivity index (χ0n) is 6.07. The van der Waals surface area contributed by atoms with Crippen molar-refractivity contribution in [2.24, 2.45) is 0 Å². The Kier molecular flexibility index (Phi) is 2.38. The van der Waals surface area contributed by atoms with Crippen molar-refractivity contribution in [2.75, 3.05) is 12.8 Å². The quantitative estimate of drug-likeness (QED) is 0.635. The summed E-state index contributed by atoms with van der Waals surface area (Å²) in [5.74, 6) is 0. The normalized spacial score (nSPS) is 9.18. The van der Waals surface area contributed by atoms with E-state index in [4.69, 9.17) is 22.7 Å². The molecule has 58 valence electrons. The van der Waals surface area contributed by atoms with Crippen LogP contribution in [-0.4, -0.2) is 17.1 Å². The van der Waals surface area contributed by atoms with Crippen molar-refractivity contribution in [2.45, 2.75) is 0 Å². The average molecular weight is 168 g/mol. The van der Waals surface area contributed by atoms with Gasteiger partial charge in [-0.25, -0.2) is 0 Å². The van der Waals surface area contributed by atoms with Crippen LogP contribution in [0.5, 0.6) is 0 Å². The van der Waals surface area contributed by atoms with Gasteiger partial charge in [-0.2, -0.15) is 0 Å². The molecule has 2 N–H and O–H groups in total. The summed E-state index contributed by atoms with van der Waals surface area (Å²) in [4.78, 5) is 3.96. The second-order valence-corrected chi connectivity index (χ2v) is 2.34. The van der Waals surface area contributed by atoms with Gasteiger partial charge in [-0.05, 0) is 24.4 Å². The van der Waals surface area contributed by atoms with Gasteiger partial charge in [-0.15, -0.1) is 0 Å². The molecule has 0 aliphatic heterocycles. The molecule has 1 rings (SSSR count). The Morgan fingerprint density at radius 2 is 2.45 bits per heavy atom. The van der Waals surface area contributed by atoms with Crippen molar-refractivity contribution in [3.05, 3.63) is 24.0 Å². The SMILES string of the molecule is COC(=S)c1cc(N)ccn1. The van der Waals surface area contributed by atoms with E-state index in [-0.39, 0.29) is 0 Å². The molecule has 0 aliphatic carbocycles. The monoisotopic (exact) mass is 168 g/mol. The van der Waals surface area contributed by atoms with Crippen molar-refractivity contribution < 1.29 is 4.74 Å². The van der Waals surface area contributed by atoms with Crippen LogP contribution in [0.2, 0.25) is 0 Å². The van der Waals surface area contributed by atoms with Crippen molar-refractivity contribution in [3.8, 4) is 0 Å². The van der Waals surface area contributed by atoms with Crippen molar-refractivity contribution in [1.82, 2.24) is 4.98 Å². The number of methoxy groups -OCH3 is 1. The molecule has 0 aromatic carbocycles. The number of thiocarbonyl (C=S) groups is 1. The molecule has 1 aromatic heterocycles. The number of ether oxygens (including phenoxy) is 1. The molecule has 0 atom stereocenters. The van der Waals surface area contributed by atoms with E-state index in [1.807, 2.05) is 0 Å². The summed E-state index contributed by atoms with van der Waals surface area (Å²) in [7, 11) is 1.51. The molecule has 0 amide bonds. The van der Waals surface area contributed by atoms with Gasteiger partial charge in [0, 0.05) is 11.9 Å². The van der Waals surface area contributed by atoms with Crippen LogP contribution >= 0.6 is 12.2 Å². The third-order valence-electron chi connectivity index (χ3n) is 1.18. The predicted octanol–water partition coefficient (Wildman–Crippen LogP) is 0.986. The van der Waals surface area contributed by atoms with Gasteiger partial charge >= 0.3 is 0 Å². The van der Waals surface area contributed by atoms with E-state index in [2.05, 4.69) is 4.98 Å². The highest BCUT2D eigenvalue weighted by Crippen LogP contribution is 2.04. The van der Waals surface area contributed by atoms with Gasteiger partial charge in [0.25, 0.3) is 0 Å².